The van der Waals surface area contributed by atoms with E-state index >= 15 is 0 Å². The van der Waals surface area contributed by atoms with E-state index in [2.05, 4.69) is 25.7 Å². The van der Waals surface area contributed by atoms with E-state index in [4.69, 9.17) is 16.3 Å². The van der Waals surface area contributed by atoms with Crippen LogP contribution in [-0.4, -0.2) is 59.2 Å². The number of rotatable bonds is 11. The van der Waals surface area contributed by atoms with Crippen LogP contribution in [0.25, 0.3) is 11.1 Å². The summed E-state index contributed by atoms with van der Waals surface area (Å²) >= 11 is 6.36. The number of alkyl halides is 3. The van der Waals surface area contributed by atoms with Crippen molar-refractivity contribution >= 4 is 50.5 Å². The van der Waals surface area contributed by atoms with Crippen LogP contribution in [0.3, 0.4) is 0 Å². The number of hydrogen-bond acceptors (Lipinski definition) is 9. The average Bonchev–Trinajstić information content (AvgIpc) is 3.40. The summed E-state index contributed by atoms with van der Waals surface area (Å²) in [6.07, 6.45) is -0.312. The fourth-order valence-electron chi connectivity index (χ4n) is 4.17. The smallest absolute Gasteiger partial charge is 0.471 e. The van der Waals surface area contributed by atoms with Crippen LogP contribution in [0.4, 0.5) is 36.3 Å². The number of nitrogens with zero attached hydrogens (tertiary/aromatic N) is 4. The van der Waals surface area contributed by atoms with Crippen molar-refractivity contribution in [3.8, 4) is 16.9 Å². The molecule has 0 spiro atoms. The zero-order chi connectivity index (χ0) is 32.2. The summed E-state index contributed by atoms with van der Waals surface area (Å²) in [4.78, 5) is 20.1. The first-order valence-electron chi connectivity index (χ1n) is 13.1. The molecule has 0 radical (unpaired) electrons. The molecule has 0 saturated heterocycles. The summed E-state index contributed by atoms with van der Waals surface area (Å²) in [6.45, 7) is 2.87. The van der Waals surface area contributed by atoms with Crippen molar-refractivity contribution in [2.24, 2.45) is 7.05 Å². The highest BCUT2D eigenvalue weighted by Gasteiger charge is 2.38. The average molecular weight is 652 g/mol. The highest BCUT2D eigenvalue weighted by molar-refractivity contribution is 7.92. The lowest BCUT2D eigenvalue weighted by Gasteiger charge is -2.17. The topological polar surface area (TPSA) is 140 Å². The van der Waals surface area contributed by atoms with Crippen molar-refractivity contribution in [2.45, 2.75) is 36.6 Å². The van der Waals surface area contributed by atoms with E-state index in [0.717, 1.165) is 0 Å². The number of nitrogens with one attached hydrogen (secondary N) is 3. The molecule has 0 aliphatic heterocycles. The van der Waals surface area contributed by atoms with Crippen LogP contribution < -0.4 is 20.7 Å². The molecule has 2 heterocycles. The van der Waals surface area contributed by atoms with E-state index in [1.54, 1.807) is 68.3 Å². The van der Waals surface area contributed by atoms with Gasteiger partial charge in [0.2, 0.25) is 5.95 Å². The van der Waals surface area contributed by atoms with Gasteiger partial charge in [-0.1, -0.05) is 23.7 Å². The molecule has 0 fully saturated rings. The van der Waals surface area contributed by atoms with Gasteiger partial charge in [-0.2, -0.15) is 23.3 Å². The lowest BCUT2D eigenvalue weighted by Crippen LogP contribution is -2.37. The zero-order valence-corrected chi connectivity index (χ0v) is 25.6. The van der Waals surface area contributed by atoms with Crippen molar-refractivity contribution in [3.05, 3.63) is 65.6 Å². The SMILES string of the molecule is COc1cc(-c2cnn(C)c2)c(CCNC(=O)C(F)(F)F)cc1Nc1ncc(Cl)c(Nc2ccccc2S(=O)(=O)C(C)C)n1. The van der Waals surface area contributed by atoms with E-state index < -0.39 is 27.2 Å². The molecule has 16 heteroatoms. The van der Waals surface area contributed by atoms with Crippen LogP contribution in [-0.2, 0) is 28.1 Å². The Kier molecular flexibility index (Phi) is 9.69. The Hall–Kier alpha value is -4.37. The van der Waals surface area contributed by atoms with Gasteiger partial charge in [-0.25, -0.2) is 13.4 Å². The molecular formula is C28H29ClF3N7O4S. The van der Waals surface area contributed by atoms with Crippen LogP contribution in [0.2, 0.25) is 5.02 Å². The lowest BCUT2D eigenvalue weighted by atomic mass is 9.98. The molecule has 234 valence electrons. The number of sulfone groups is 1. The standard InChI is InChI=1S/C28H29ClF3N7O4S/c1-16(2)44(41,42)24-8-6-5-7-21(24)36-25-20(29)14-34-27(38-25)37-22-11-17(9-10-33-26(40)28(30,31)32)19(12-23(22)43-4)18-13-35-39(3)15-18/h5-8,11-16H,9-10H2,1-4H3,(H,33,40)(H2,34,36,37,38). The van der Waals surface area contributed by atoms with Gasteiger partial charge in [-0.05, 0) is 55.7 Å². The highest BCUT2D eigenvalue weighted by atomic mass is 35.5. The summed E-state index contributed by atoms with van der Waals surface area (Å²) in [6, 6.07) is 9.69. The fourth-order valence-corrected chi connectivity index (χ4v) is 5.51. The molecule has 2 aromatic carbocycles. The molecule has 4 aromatic rings. The first-order chi connectivity index (χ1) is 20.7. The number of carbonyl (C=O) groups is 1. The molecule has 0 atom stereocenters. The van der Waals surface area contributed by atoms with Crippen molar-refractivity contribution < 1.29 is 31.1 Å². The zero-order valence-electron chi connectivity index (χ0n) is 24.0. The minimum atomic E-state index is -5.00. The van der Waals surface area contributed by atoms with E-state index in [-0.39, 0.29) is 40.3 Å². The highest BCUT2D eigenvalue weighted by Crippen LogP contribution is 2.37. The Morgan fingerprint density at radius 3 is 2.48 bits per heavy atom. The molecule has 3 N–H and O–H groups in total. The molecule has 4 rings (SSSR count). The molecule has 0 unspecified atom stereocenters. The second kappa shape index (κ2) is 13.1. The van der Waals surface area contributed by atoms with Gasteiger partial charge in [0, 0.05) is 25.4 Å². The van der Waals surface area contributed by atoms with E-state index in [1.807, 2.05) is 5.32 Å². The third-order valence-corrected chi connectivity index (χ3v) is 8.92. The third kappa shape index (κ3) is 7.39. The second-order valence-electron chi connectivity index (χ2n) is 9.85. The Morgan fingerprint density at radius 1 is 1.11 bits per heavy atom. The van der Waals surface area contributed by atoms with Gasteiger partial charge in [0.25, 0.3) is 0 Å². The number of carbonyl (C=O) groups excluding carboxylic acids is 1. The Balaban J connectivity index is 1.68. The van der Waals surface area contributed by atoms with Crippen LogP contribution in [0.5, 0.6) is 5.75 Å². The lowest BCUT2D eigenvalue weighted by molar-refractivity contribution is -0.173. The van der Waals surface area contributed by atoms with Gasteiger partial charge in [0.1, 0.15) is 10.8 Å². The maximum absolute atomic E-state index is 12.9. The van der Waals surface area contributed by atoms with Crippen LogP contribution in [0.15, 0.2) is 59.9 Å². The maximum Gasteiger partial charge on any atom is 0.471 e. The Bertz CT molecular complexity index is 1780. The molecule has 1 amide bonds. The molecule has 0 aliphatic rings. The van der Waals surface area contributed by atoms with Gasteiger partial charge in [-0.3, -0.25) is 9.48 Å². The molecule has 11 nitrogen and oxygen atoms in total. The number of aromatic nitrogens is 4. The number of methoxy groups -OCH3 is 1. The molecule has 0 saturated carbocycles. The molecule has 2 aromatic heterocycles. The number of hydrogen-bond donors (Lipinski definition) is 3. The van der Waals surface area contributed by atoms with E-state index in [1.165, 1.54) is 19.4 Å². The number of para-hydroxylation sites is 1. The van der Waals surface area contributed by atoms with E-state index in [9.17, 15) is 26.4 Å². The molecule has 0 bridgehead atoms. The predicted molar refractivity (Wildman–Crippen MR) is 160 cm³/mol. The van der Waals surface area contributed by atoms with Gasteiger partial charge in [-0.15, -0.1) is 0 Å². The van der Waals surface area contributed by atoms with Crippen molar-refractivity contribution in [3.63, 3.8) is 0 Å². The molecular weight excluding hydrogens is 623 g/mol. The summed E-state index contributed by atoms with van der Waals surface area (Å²) in [7, 11) is -0.470. The van der Waals surface area contributed by atoms with Gasteiger partial charge < -0.3 is 20.7 Å². The first kappa shape index (κ1) is 32.5. The van der Waals surface area contributed by atoms with Crippen LogP contribution >= 0.6 is 11.6 Å². The minimum absolute atomic E-state index is 0.0418. The van der Waals surface area contributed by atoms with Crippen LogP contribution in [0.1, 0.15) is 19.4 Å². The van der Waals surface area contributed by atoms with Crippen molar-refractivity contribution in [2.75, 3.05) is 24.3 Å². The van der Waals surface area contributed by atoms with Crippen molar-refractivity contribution in [1.29, 1.82) is 0 Å². The number of halogens is 4. The number of anilines is 4. The van der Waals surface area contributed by atoms with E-state index in [0.29, 0.717) is 28.1 Å². The maximum atomic E-state index is 12.9. The second-order valence-corrected chi connectivity index (χ2v) is 12.7. The molecule has 44 heavy (non-hydrogen) atoms. The van der Waals surface area contributed by atoms with Gasteiger partial charge in [0.05, 0.1) is 41.0 Å². The normalized spacial score (nSPS) is 11.8. The number of benzene rings is 2. The number of aryl methyl sites for hydroxylation is 1. The quantitative estimate of drug-likeness (QED) is 0.194. The largest absolute Gasteiger partial charge is 0.495 e. The minimum Gasteiger partial charge on any atom is -0.495 e. The summed E-state index contributed by atoms with van der Waals surface area (Å²) in [5, 5.41) is 11.5. The third-order valence-electron chi connectivity index (χ3n) is 6.44. The Morgan fingerprint density at radius 2 is 1.84 bits per heavy atom. The van der Waals surface area contributed by atoms with Crippen molar-refractivity contribution in [1.82, 2.24) is 25.1 Å². The predicted octanol–water partition coefficient (Wildman–Crippen LogP) is 5.43. The number of ether oxygens (including phenoxy) is 1. The number of amides is 1. The summed E-state index contributed by atoms with van der Waals surface area (Å²) < 4.78 is 71.2. The summed E-state index contributed by atoms with van der Waals surface area (Å²) in [5.74, 6) is -1.50. The van der Waals surface area contributed by atoms with Gasteiger partial charge in [0.15, 0.2) is 15.7 Å². The first-order valence-corrected chi connectivity index (χ1v) is 15.1. The van der Waals surface area contributed by atoms with Gasteiger partial charge >= 0.3 is 12.1 Å². The molecule has 0 aliphatic carbocycles. The summed E-state index contributed by atoms with van der Waals surface area (Å²) in [5.41, 5.74) is 2.52. The fraction of sp³-hybridized carbons (Fsp3) is 0.286. The monoisotopic (exact) mass is 651 g/mol. The van der Waals surface area contributed by atoms with Crippen LogP contribution in [0, 0.1) is 0 Å². The Labute approximate surface area is 256 Å².